The molecule has 0 amide bonds. The molecule has 6 atom stereocenters. The van der Waals surface area contributed by atoms with Crippen LogP contribution in [-0.2, 0) is 5.41 Å². The quantitative estimate of drug-likeness (QED) is 0.782. The number of anilines is 1. The molecule has 3 fully saturated rings. The van der Waals surface area contributed by atoms with E-state index in [1.54, 1.807) is 0 Å². The topological polar surface area (TPSA) is 35.5 Å². The van der Waals surface area contributed by atoms with Crippen LogP contribution in [0, 0.1) is 17.3 Å². The Balaban J connectivity index is 1.72. The van der Waals surface area contributed by atoms with Crippen molar-refractivity contribution in [3.8, 4) is 0 Å². The molecular weight excluding hydrogens is 284 g/mol. The molecular formula is C20H24N2O. The van der Waals surface area contributed by atoms with Crippen molar-refractivity contribution >= 4 is 5.69 Å². The van der Waals surface area contributed by atoms with Crippen LogP contribution < -0.4 is 5.32 Å². The Bertz CT molecular complexity index is 745. The molecule has 3 nitrogen and oxygen atoms in total. The summed E-state index contributed by atoms with van der Waals surface area (Å²) in [5.41, 5.74) is 3.29. The van der Waals surface area contributed by atoms with E-state index >= 15 is 0 Å². The number of fused-ring (bicyclic) bond motifs is 1. The number of para-hydroxylation sites is 1. The fourth-order valence-electron chi connectivity index (χ4n) is 7.92. The lowest BCUT2D eigenvalue weighted by atomic mass is 9.57. The summed E-state index contributed by atoms with van der Waals surface area (Å²) in [6.07, 6.45) is 7.29. The van der Waals surface area contributed by atoms with Gasteiger partial charge < -0.3 is 10.4 Å². The van der Waals surface area contributed by atoms with Gasteiger partial charge in [0.2, 0.25) is 0 Å². The third-order valence-electron chi connectivity index (χ3n) is 8.34. The maximum absolute atomic E-state index is 10.3. The molecule has 3 heterocycles. The largest absolute Gasteiger partial charge is 0.396 e. The Labute approximate surface area is 137 Å². The highest BCUT2D eigenvalue weighted by Crippen LogP contribution is 2.78. The zero-order valence-corrected chi connectivity index (χ0v) is 13.6. The van der Waals surface area contributed by atoms with E-state index in [4.69, 9.17) is 0 Å². The van der Waals surface area contributed by atoms with Gasteiger partial charge in [-0.25, -0.2) is 0 Å². The Kier molecular flexibility index (Phi) is 2.08. The summed E-state index contributed by atoms with van der Waals surface area (Å²) in [4.78, 5) is 2.73. The van der Waals surface area contributed by atoms with Crippen LogP contribution in [0.4, 0.5) is 5.69 Å². The summed E-state index contributed by atoms with van der Waals surface area (Å²) in [6.45, 7) is 5.04. The number of hydrogen-bond acceptors (Lipinski definition) is 3. The molecule has 1 saturated heterocycles. The average Bonchev–Trinajstić information content (AvgIpc) is 3.23. The van der Waals surface area contributed by atoms with Crippen molar-refractivity contribution in [1.29, 1.82) is 0 Å². The first kappa shape index (κ1) is 13.0. The van der Waals surface area contributed by atoms with Crippen molar-refractivity contribution in [2.24, 2.45) is 17.3 Å². The van der Waals surface area contributed by atoms with Crippen LogP contribution in [0.25, 0.3) is 0 Å². The molecule has 5 aliphatic rings. The van der Waals surface area contributed by atoms with Gasteiger partial charge in [-0.1, -0.05) is 37.3 Å². The standard InChI is InChI=1S/C20H24N2O/c1-13-18-7-4-9-22-10-8-19(17(18)22)15-5-2-3-6-16(15)21-20(13,19)14(11-18)12-23/h2-7,13-14,17,21,23H,8-12H2,1H3/t13?,14-,17-,18+,19-,20+/m0/s1. The van der Waals surface area contributed by atoms with Gasteiger partial charge in [-0.15, -0.1) is 0 Å². The lowest BCUT2D eigenvalue weighted by Gasteiger charge is -2.51. The first-order valence-electron chi connectivity index (χ1n) is 9.11. The summed E-state index contributed by atoms with van der Waals surface area (Å²) in [7, 11) is 0. The second-order valence-electron chi connectivity index (χ2n) is 8.48. The van der Waals surface area contributed by atoms with E-state index in [9.17, 15) is 5.11 Å². The highest BCUT2D eigenvalue weighted by Gasteiger charge is 2.84. The lowest BCUT2D eigenvalue weighted by molar-refractivity contribution is 0.0536. The molecule has 2 bridgehead atoms. The van der Waals surface area contributed by atoms with E-state index in [0.717, 1.165) is 13.0 Å². The smallest absolute Gasteiger partial charge is 0.0571 e. The molecule has 3 spiro atoms. The lowest BCUT2D eigenvalue weighted by Crippen LogP contribution is -2.62. The van der Waals surface area contributed by atoms with Gasteiger partial charge in [0.25, 0.3) is 0 Å². The number of benzene rings is 1. The van der Waals surface area contributed by atoms with Crippen LogP contribution in [0.5, 0.6) is 0 Å². The molecule has 23 heavy (non-hydrogen) atoms. The highest BCUT2D eigenvalue weighted by molar-refractivity contribution is 5.71. The Morgan fingerprint density at radius 2 is 2.22 bits per heavy atom. The summed E-state index contributed by atoms with van der Waals surface area (Å²) >= 11 is 0. The van der Waals surface area contributed by atoms with E-state index in [0.29, 0.717) is 24.5 Å². The number of rotatable bonds is 1. The predicted molar refractivity (Wildman–Crippen MR) is 90.4 cm³/mol. The van der Waals surface area contributed by atoms with Gasteiger partial charge in [0.1, 0.15) is 0 Å². The van der Waals surface area contributed by atoms with Crippen molar-refractivity contribution in [2.75, 3.05) is 25.0 Å². The first-order chi connectivity index (χ1) is 11.2. The molecule has 0 radical (unpaired) electrons. The molecule has 1 aromatic rings. The van der Waals surface area contributed by atoms with Crippen LogP contribution in [0.2, 0.25) is 0 Å². The third kappa shape index (κ3) is 1.03. The number of aliphatic hydroxyl groups is 1. The predicted octanol–water partition coefficient (Wildman–Crippen LogP) is 2.38. The molecule has 0 aromatic heterocycles. The van der Waals surface area contributed by atoms with Gasteiger partial charge in [0.15, 0.2) is 0 Å². The van der Waals surface area contributed by atoms with Crippen LogP contribution in [0.15, 0.2) is 36.4 Å². The fraction of sp³-hybridized carbons (Fsp3) is 0.600. The highest BCUT2D eigenvalue weighted by atomic mass is 16.3. The Morgan fingerprint density at radius 3 is 3.09 bits per heavy atom. The van der Waals surface area contributed by atoms with E-state index in [2.05, 4.69) is 53.6 Å². The fourth-order valence-corrected chi connectivity index (χ4v) is 7.92. The summed E-state index contributed by atoms with van der Waals surface area (Å²) in [5.74, 6) is 0.910. The summed E-state index contributed by atoms with van der Waals surface area (Å²) in [5, 5.41) is 14.3. The molecule has 120 valence electrons. The third-order valence-corrected chi connectivity index (χ3v) is 8.34. The van der Waals surface area contributed by atoms with E-state index in [-0.39, 0.29) is 16.4 Å². The van der Waals surface area contributed by atoms with Gasteiger partial charge in [0.05, 0.1) is 5.54 Å². The zero-order valence-electron chi connectivity index (χ0n) is 13.6. The molecule has 2 N–H and O–H groups in total. The molecule has 1 unspecified atom stereocenters. The van der Waals surface area contributed by atoms with Gasteiger partial charge in [0, 0.05) is 41.6 Å². The van der Waals surface area contributed by atoms with Crippen LogP contribution >= 0.6 is 0 Å². The van der Waals surface area contributed by atoms with Crippen molar-refractivity contribution < 1.29 is 5.11 Å². The van der Waals surface area contributed by atoms with Crippen LogP contribution in [0.3, 0.4) is 0 Å². The maximum Gasteiger partial charge on any atom is 0.0571 e. The number of nitrogens with one attached hydrogen (secondary N) is 1. The molecule has 2 saturated carbocycles. The minimum absolute atomic E-state index is 0.0273. The van der Waals surface area contributed by atoms with Crippen LogP contribution in [-0.4, -0.2) is 41.3 Å². The van der Waals surface area contributed by atoms with Gasteiger partial charge in [-0.05, 0) is 36.9 Å². The van der Waals surface area contributed by atoms with E-state index in [1.807, 2.05) is 0 Å². The monoisotopic (exact) mass is 308 g/mol. The second-order valence-corrected chi connectivity index (χ2v) is 8.48. The van der Waals surface area contributed by atoms with E-state index in [1.165, 1.54) is 24.2 Å². The van der Waals surface area contributed by atoms with Gasteiger partial charge >= 0.3 is 0 Å². The number of hydrogen-bond donors (Lipinski definition) is 2. The van der Waals surface area contributed by atoms with Crippen molar-refractivity contribution in [3.63, 3.8) is 0 Å². The number of nitrogens with zero attached hydrogens (tertiary/aromatic N) is 1. The molecule has 3 aliphatic heterocycles. The molecule has 3 heteroatoms. The Morgan fingerprint density at radius 1 is 1.35 bits per heavy atom. The molecule has 6 rings (SSSR count). The SMILES string of the molecule is CC1[C@]23Nc4ccccc4[C@]24CCN2CC=C[C@]1(C[C@H]3CO)[C@H]24. The molecule has 2 aliphatic carbocycles. The summed E-state index contributed by atoms with van der Waals surface area (Å²) < 4.78 is 0. The van der Waals surface area contributed by atoms with Crippen molar-refractivity contribution in [3.05, 3.63) is 42.0 Å². The summed E-state index contributed by atoms with van der Waals surface area (Å²) in [6, 6.07) is 9.56. The van der Waals surface area contributed by atoms with Gasteiger partial charge in [-0.3, -0.25) is 4.90 Å². The first-order valence-corrected chi connectivity index (χ1v) is 9.11. The second kappa shape index (κ2) is 3.68. The molecule has 1 aromatic carbocycles. The zero-order chi connectivity index (χ0) is 15.4. The van der Waals surface area contributed by atoms with Crippen molar-refractivity contribution in [2.45, 2.75) is 36.8 Å². The minimum Gasteiger partial charge on any atom is -0.396 e. The van der Waals surface area contributed by atoms with E-state index < -0.39 is 0 Å². The Hall–Kier alpha value is -1.32. The normalized spacial score (nSPS) is 51.5. The average molecular weight is 308 g/mol. The van der Waals surface area contributed by atoms with Crippen LogP contribution in [0.1, 0.15) is 25.3 Å². The van der Waals surface area contributed by atoms with Gasteiger partial charge in [-0.2, -0.15) is 0 Å². The van der Waals surface area contributed by atoms with Crippen molar-refractivity contribution in [1.82, 2.24) is 4.90 Å². The maximum atomic E-state index is 10.3. The minimum atomic E-state index is 0.0273. The number of aliphatic hydroxyl groups excluding tert-OH is 1.